The van der Waals surface area contributed by atoms with E-state index >= 15 is 0 Å². The summed E-state index contributed by atoms with van der Waals surface area (Å²) in [6, 6.07) is 5.69. The average Bonchev–Trinajstić information content (AvgIpc) is 3.42. The normalized spacial score (nSPS) is 20.9. The Labute approximate surface area is 281 Å². The number of carbonyl (C=O) groups excluding carboxylic acids is 1. The number of carbonyl (C=O) groups is 2. The molecule has 2 aromatic rings. The summed E-state index contributed by atoms with van der Waals surface area (Å²) in [4.78, 5) is 50.9. The van der Waals surface area contributed by atoms with Crippen molar-refractivity contribution in [3.8, 4) is 5.75 Å². The Hall–Kier alpha value is -3.38. The van der Waals surface area contributed by atoms with E-state index in [2.05, 4.69) is 31.4 Å². The Kier molecular flexibility index (Phi) is 13.3. The van der Waals surface area contributed by atoms with Gasteiger partial charge in [-0.1, -0.05) is 32.9 Å². The molecule has 16 heteroatoms. The van der Waals surface area contributed by atoms with E-state index in [1.807, 2.05) is 13.1 Å². The van der Waals surface area contributed by atoms with E-state index < -0.39 is 74.2 Å². The summed E-state index contributed by atoms with van der Waals surface area (Å²) >= 11 is 0. The number of nitrogens with zero attached hydrogens (tertiary/aromatic N) is 2. The molecule has 1 aromatic carbocycles. The Morgan fingerprint density at radius 2 is 1.77 bits per heavy atom. The predicted octanol–water partition coefficient (Wildman–Crippen LogP) is 0.363. The van der Waals surface area contributed by atoms with Crippen LogP contribution in [0.4, 0.5) is 0 Å². The van der Waals surface area contributed by atoms with Gasteiger partial charge in [0.05, 0.1) is 32.0 Å². The molecule has 268 valence electrons. The first-order valence-corrected chi connectivity index (χ1v) is 18.9. The van der Waals surface area contributed by atoms with Crippen LogP contribution in [0.3, 0.4) is 0 Å². The number of carboxylic acids is 1. The van der Waals surface area contributed by atoms with Crippen molar-refractivity contribution in [2.24, 2.45) is 5.73 Å². The fraction of sp³-hybridized carbons (Fsp3) is 0.625. The molecule has 1 fully saturated rings. The number of hydrogen-bond acceptors (Lipinski definition) is 11. The van der Waals surface area contributed by atoms with Crippen LogP contribution in [0.25, 0.3) is 0 Å². The summed E-state index contributed by atoms with van der Waals surface area (Å²) in [6.07, 6.45) is -3.68. The molecule has 3 rings (SSSR count). The first-order chi connectivity index (χ1) is 22.4. The zero-order chi connectivity index (χ0) is 36.0. The van der Waals surface area contributed by atoms with Crippen LogP contribution in [-0.4, -0.2) is 101 Å². The Balaban J connectivity index is 1.85. The second-order valence-corrected chi connectivity index (χ2v) is 18.4. The molecule has 0 saturated carbocycles. The molecule has 48 heavy (non-hydrogen) atoms. The van der Waals surface area contributed by atoms with Gasteiger partial charge in [0.2, 0.25) is 5.91 Å². The molecule has 1 amide bonds. The molecule has 1 aromatic heterocycles. The number of carboxylic acid groups (broad SMARTS) is 1. The van der Waals surface area contributed by atoms with E-state index in [1.165, 1.54) is 23.8 Å². The molecule has 0 spiro atoms. The minimum absolute atomic E-state index is 0.00847. The predicted molar refractivity (Wildman–Crippen MR) is 180 cm³/mol. The number of nitrogens with two attached hydrogens (primary N) is 1. The number of aliphatic hydroxyl groups is 2. The Bertz CT molecular complexity index is 1500. The molecular formula is C32H51N5O10Si. The van der Waals surface area contributed by atoms with Crippen molar-refractivity contribution in [1.82, 2.24) is 19.8 Å². The third kappa shape index (κ3) is 9.61. The van der Waals surface area contributed by atoms with Gasteiger partial charge in [0.1, 0.15) is 23.9 Å². The summed E-state index contributed by atoms with van der Waals surface area (Å²) in [6.45, 7) is 11.9. The molecule has 0 aliphatic carbocycles. The van der Waals surface area contributed by atoms with Gasteiger partial charge < -0.3 is 45.6 Å². The highest BCUT2D eigenvalue weighted by molar-refractivity contribution is 6.74. The zero-order valence-corrected chi connectivity index (χ0v) is 29.7. The van der Waals surface area contributed by atoms with Crippen LogP contribution in [0.1, 0.15) is 52.3 Å². The topological polar surface area (TPSA) is 217 Å². The summed E-state index contributed by atoms with van der Waals surface area (Å²) in [5.41, 5.74) is 5.16. The molecule has 7 N–H and O–H groups in total. The third-order valence-corrected chi connectivity index (χ3v) is 13.6. The number of methoxy groups -OCH3 is 1. The van der Waals surface area contributed by atoms with Crippen LogP contribution in [0.2, 0.25) is 18.1 Å². The number of nitrogens with one attached hydrogen (secondary N) is 2. The maximum absolute atomic E-state index is 13.8. The van der Waals surface area contributed by atoms with E-state index in [-0.39, 0.29) is 31.1 Å². The van der Waals surface area contributed by atoms with Gasteiger partial charge in [-0.05, 0) is 55.7 Å². The van der Waals surface area contributed by atoms with Gasteiger partial charge in [0, 0.05) is 25.2 Å². The monoisotopic (exact) mass is 693 g/mol. The number of ether oxygens (including phenoxy) is 2. The number of rotatable bonds is 16. The van der Waals surface area contributed by atoms with E-state index in [0.717, 1.165) is 4.57 Å². The van der Waals surface area contributed by atoms with Crippen LogP contribution in [0, 0.1) is 0 Å². The highest BCUT2D eigenvalue weighted by atomic mass is 28.4. The summed E-state index contributed by atoms with van der Waals surface area (Å²) in [7, 11) is -0.933. The zero-order valence-electron chi connectivity index (χ0n) is 28.7. The van der Waals surface area contributed by atoms with Crippen LogP contribution in [0.15, 0.2) is 46.1 Å². The van der Waals surface area contributed by atoms with E-state index in [9.17, 15) is 34.5 Å². The van der Waals surface area contributed by atoms with Crippen molar-refractivity contribution in [1.29, 1.82) is 0 Å². The standard InChI is InChI=1S/C32H51N5O10Si/c1-19(38)25(33)28(41)35-15-8-14-34-26(30(42)43)27(40)22-17-23(47-48(6,7)32(2,3)4)29(46-22)36-16-13-24(39)37(31(36)44)18-20-9-11-21(45-5)12-10-20/h9-13,16,19,22-23,25-27,29,34,38,40H,8,14-15,17-18,33H2,1-7H3,(H,35,41)(H,42,43)/t19-,22+,23+,25-,26-,27-,29+/m0/s1. The number of hydrogen-bond donors (Lipinski definition) is 6. The molecule has 0 unspecified atom stereocenters. The lowest BCUT2D eigenvalue weighted by molar-refractivity contribution is -0.147. The minimum Gasteiger partial charge on any atom is -0.497 e. The van der Waals surface area contributed by atoms with E-state index in [4.69, 9.17) is 19.6 Å². The van der Waals surface area contributed by atoms with Gasteiger partial charge in [-0.15, -0.1) is 0 Å². The van der Waals surface area contributed by atoms with Crippen molar-refractivity contribution < 1.29 is 38.8 Å². The lowest BCUT2D eigenvalue weighted by Gasteiger charge is -2.39. The van der Waals surface area contributed by atoms with Crippen LogP contribution < -0.4 is 32.4 Å². The quantitative estimate of drug-likeness (QED) is 0.104. The fourth-order valence-corrected chi connectivity index (χ4v) is 6.36. The first kappa shape index (κ1) is 39.1. The SMILES string of the molecule is COc1ccc(Cn2c(=O)ccn([C@@H]3O[C@@H]([C@H](O)[C@H](NCCCNC(=O)[C@@H](N)[C@H](C)O)C(=O)O)C[C@H]3O[Si](C)(C)C(C)(C)C)c2=O)cc1. The van der Waals surface area contributed by atoms with E-state index in [0.29, 0.717) is 17.7 Å². The lowest BCUT2D eigenvalue weighted by Crippen LogP contribution is -2.52. The number of benzene rings is 1. The number of aliphatic carboxylic acids is 1. The smallest absolute Gasteiger partial charge is 0.333 e. The van der Waals surface area contributed by atoms with Crippen LogP contribution in [-0.2, 0) is 25.3 Å². The Morgan fingerprint density at radius 1 is 1.12 bits per heavy atom. The number of amides is 1. The van der Waals surface area contributed by atoms with Crippen molar-refractivity contribution in [2.75, 3.05) is 20.2 Å². The molecule has 1 aliphatic heterocycles. The second-order valence-electron chi connectivity index (χ2n) is 13.7. The molecule has 1 aliphatic rings. The highest BCUT2D eigenvalue weighted by Crippen LogP contribution is 2.42. The Morgan fingerprint density at radius 3 is 2.33 bits per heavy atom. The number of aliphatic hydroxyl groups excluding tert-OH is 2. The summed E-state index contributed by atoms with van der Waals surface area (Å²) in [5, 5.41) is 36.0. The molecule has 0 bridgehead atoms. The van der Waals surface area contributed by atoms with Crippen molar-refractivity contribution in [2.45, 2.75) is 108 Å². The largest absolute Gasteiger partial charge is 0.497 e. The summed E-state index contributed by atoms with van der Waals surface area (Å²) < 4.78 is 20.5. The van der Waals surface area contributed by atoms with Gasteiger partial charge in [0.25, 0.3) is 5.56 Å². The second kappa shape index (κ2) is 16.3. The molecule has 2 heterocycles. The van der Waals surface area contributed by atoms with Gasteiger partial charge >= 0.3 is 11.7 Å². The molecule has 1 saturated heterocycles. The van der Waals surface area contributed by atoms with Crippen molar-refractivity contribution in [3.05, 3.63) is 62.9 Å². The maximum atomic E-state index is 13.8. The van der Waals surface area contributed by atoms with Crippen molar-refractivity contribution in [3.63, 3.8) is 0 Å². The molecule has 15 nitrogen and oxygen atoms in total. The third-order valence-electron chi connectivity index (χ3n) is 9.05. The molecule has 0 radical (unpaired) electrons. The average molecular weight is 694 g/mol. The van der Waals surface area contributed by atoms with Crippen LogP contribution in [0.5, 0.6) is 5.75 Å². The fourth-order valence-electron chi connectivity index (χ4n) is 5.04. The maximum Gasteiger partial charge on any atom is 0.333 e. The number of aromatic nitrogens is 2. The summed E-state index contributed by atoms with van der Waals surface area (Å²) in [5.74, 6) is -1.23. The highest BCUT2D eigenvalue weighted by Gasteiger charge is 2.49. The van der Waals surface area contributed by atoms with Gasteiger partial charge in [-0.3, -0.25) is 23.5 Å². The lowest BCUT2D eigenvalue weighted by atomic mass is 10.0. The first-order valence-electron chi connectivity index (χ1n) is 16.0. The van der Waals surface area contributed by atoms with Crippen LogP contribution >= 0.6 is 0 Å². The van der Waals surface area contributed by atoms with Gasteiger partial charge in [-0.2, -0.15) is 0 Å². The molecule has 7 atom stereocenters. The van der Waals surface area contributed by atoms with Gasteiger partial charge in [-0.25, -0.2) is 4.79 Å². The van der Waals surface area contributed by atoms with Gasteiger partial charge in [0.15, 0.2) is 14.5 Å². The molecular weight excluding hydrogens is 642 g/mol. The minimum atomic E-state index is -2.47. The van der Waals surface area contributed by atoms with Crippen molar-refractivity contribution >= 4 is 20.2 Å². The van der Waals surface area contributed by atoms with E-state index in [1.54, 1.807) is 31.4 Å².